The van der Waals surface area contributed by atoms with E-state index in [1.54, 1.807) is 35.4 Å². The smallest absolute Gasteiger partial charge is 0.261 e. The maximum absolute atomic E-state index is 14.2. The van der Waals surface area contributed by atoms with Gasteiger partial charge in [-0.1, -0.05) is 51.7 Å². The van der Waals surface area contributed by atoms with Crippen LogP contribution >= 0.6 is 0 Å². The second-order valence-corrected chi connectivity index (χ2v) is 20.7. The average Bonchev–Trinajstić information content (AvgIpc) is 3.98. The number of anilines is 1. The number of phenolic OH excluding ortho intramolecular Hbond substituents is 1. The number of aromatic nitrogens is 4. The van der Waals surface area contributed by atoms with Gasteiger partial charge in [-0.25, -0.2) is 9.97 Å². The molecule has 0 radical (unpaired) electrons. The monoisotopic (exact) mass is 1090 g/mol. The Morgan fingerprint density at radius 2 is 1.54 bits per heavy atom. The highest BCUT2D eigenvalue weighted by molar-refractivity contribution is 5.94. The molecule has 6 rings (SSSR count). The molecule has 13 N–H and O–H groups in total. The third kappa shape index (κ3) is 18.4. The van der Waals surface area contributed by atoms with E-state index in [9.17, 15) is 43.5 Å². The number of rotatable bonds is 29. The number of unbranched alkanes of at least 4 members (excludes halogenated alkanes) is 1. The van der Waals surface area contributed by atoms with Gasteiger partial charge in [-0.3, -0.25) is 43.5 Å². The number of carbonyl (C=O) groups is 7. The minimum absolute atomic E-state index is 0.0295. The number of aldehydes is 1. The van der Waals surface area contributed by atoms with E-state index in [1.165, 1.54) is 31.2 Å². The Morgan fingerprint density at radius 1 is 0.835 bits per heavy atom. The predicted molar refractivity (Wildman–Crippen MR) is 297 cm³/mol. The number of nitrogens with one attached hydrogen (secondary N) is 8. The van der Waals surface area contributed by atoms with Crippen molar-refractivity contribution in [1.82, 2.24) is 56.3 Å². The minimum Gasteiger partial charge on any atom is -0.508 e. The number of H-pyrrole nitrogens is 1. The van der Waals surface area contributed by atoms with Gasteiger partial charge in [0.1, 0.15) is 42.7 Å². The Balaban J connectivity index is 1.10. The number of imidazole rings is 1. The molecule has 1 aliphatic heterocycles. The van der Waals surface area contributed by atoms with Crippen molar-refractivity contribution in [2.24, 2.45) is 23.3 Å². The number of aromatic hydroxyl groups is 1. The number of nitrogens with two attached hydrogens (primary N) is 2. The molecule has 1 saturated carbocycles. The number of hydrogen-bond donors (Lipinski definition) is 11. The fraction of sp³-hybridized carbons (Fsp3) is 0.545. The second kappa shape index (κ2) is 30.3. The zero-order valence-electron chi connectivity index (χ0n) is 45.3. The fourth-order valence-electron chi connectivity index (χ4n) is 10.0. The summed E-state index contributed by atoms with van der Waals surface area (Å²) in [6.45, 7) is 5.48. The van der Waals surface area contributed by atoms with Gasteiger partial charge in [0.15, 0.2) is 5.96 Å². The predicted octanol–water partition coefficient (Wildman–Crippen LogP) is 0.991. The van der Waals surface area contributed by atoms with E-state index >= 15 is 0 Å². The van der Waals surface area contributed by atoms with Crippen LogP contribution in [0.5, 0.6) is 5.75 Å². The van der Waals surface area contributed by atoms with Crippen LogP contribution in [0.4, 0.5) is 5.69 Å². The van der Waals surface area contributed by atoms with E-state index in [0.29, 0.717) is 99.5 Å². The first-order chi connectivity index (χ1) is 38.0. The number of hydrogen-bond acceptors (Lipinski definition) is 14. The Kier molecular flexibility index (Phi) is 23.2. The van der Waals surface area contributed by atoms with Crippen LogP contribution in [0.25, 0.3) is 10.9 Å². The van der Waals surface area contributed by atoms with Crippen molar-refractivity contribution in [2.75, 3.05) is 44.2 Å². The topological polar surface area (TPSA) is 358 Å². The van der Waals surface area contributed by atoms with Crippen LogP contribution in [0.1, 0.15) is 102 Å². The molecule has 6 atom stereocenters. The van der Waals surface area contributed by atoms with E-state index < -0.39 is 60.0 Å². The van der Waals surface area contributed by atoms with Crippen LogP contribution < -0.4 is 53.8 Å². The molecule has 1 aliphatic carbocycles. The number of guanidine groups is 1. The van der Waals surface area contributed by atoms with Gasteiger partial charge < -0.3 is 68.1 Å². The SMILES string of the molecule is CC[C@H](C)[C@H](NC(=O)CC1CCCCC1)C(=O)N[C@@H](CCCCN)C(=O)N1CCN(c2ccc3ncn(CC(=O)N[C@@H](CCCNC(=N)N)C(=O)N[C@@H](Cc4c[nH]cn4)C(=O)NC(C=O)Cc4ccc(O)cc4)c(=O)c3c2)CC1. The Hall–Kier alpha value is -7.89. The van der Waals surface area contributed by atoms with Crippen LogP contribution in [0.15, 0.2) is 66.1 Å². The second-order valence-electron chi connectivity index (χ2n) is 20.7. The van der Waals surface area contributed by atoms with E-state index in [1.807, 2.05) is 24.8 Å². The lowest BCUT2D eigenvalue weighted by Crippen LogP contribution is -2.58. The number of fused-ring (bicyclic) bond motifs is 1. The molecule has 1 saturated heterocycles. The molecule has 4 aromatic rings. The summed E-state index contributed by atoms with van der Waals surface area (Å²) in [5.74, 6) is -2.99. The molecule has 24 heteroatoms. The molecule has 428 valence electrons. The van der Waals surface area contributed by atoms with Crippen LogP contribution in [0.3, 0.4) is 0 Å². The van der Waals surface area contributed by atoms with Gasteiger partial charge in [0, 0.05) is 57.4 Å². The first-order valence-electron chi connectivity index (χ1n) is 27.6. The van der Waals surface area contributed by atoms with Gasteiger partial charge in [0.05, 0.1) is 35.3 Å². The molecule has 1 unspecified atom stereocenters. The molecular formula is C55H79N15O9. The summed E-state index contributed by atoms with van der Waals surface area (Å²) in [6.07, 6.45) is 13.2. The average molecular weight is 1090 g/mol. The third-order valence-corrected chi connectivity index (χ3v) is 14.8. The zero-order valence-corrected chi connectivity index (χ0v) is 45.3. The zero-order chi connectivity index (χ0) is 56.8. The molecule has 2 aliphatic rings. The van der Waals surface area contributed by atoms with Crippen molar-refractivity contribution in [1.29, 1.82) is 5.41 Å². The fourth-order valence-corrected chi connectivity index (χ4v) is 10.0. The van der Waals surface area contributed by atoms with Crippen molar-refractivity contribution < 1.29 is 38.7 Å². The Labute approximate surface area is 459 Å². The van der Waals surface area contributed by atoms with Crippen molar-refractivity contribution >= 4 is 64.3 Å². The number of nitrogens with zero attached hydrogens (tertiary/aromatic N) is 5. The minimum atomic E-state index is -1.25. The summed E-state index contributed by atoms with van der Waals surface area (Å²) in [4.78, 5) is 124. The summed E-state index contributed by atoms with van der Waals surface area (Å²) >= 11 is 0. The number of benzene rings is 2. The quantitative estimate of drug-likeness (QED) is 0.0156. The lowest BCUT2D eigenvalue weighted by atomic mass is 9.86. The molecule has 2 aromatic heterocycles. The van der Waals surface area contributed by atoms with Crippen molar-refractivity contribution in [2.45, 2.75) is 140 Å². The number of amides is 6. The summed E-state index contributed by atoms with van der Waals surface area (Å²) < 4.78 is 1.12. The molecule has 0 spiro atoms. The molecule has 2 aromatic carbocycles. The van der Waals surface area contributed by atoms with Crippen molar-refractivity contribution in [3.8, 4) is 5.75 Å². The van der Waals surface area contributed by atoms with Crippen LogP contribution in [0.2, 0.25) is 0 Å². The van der Waals surface area contributed by atoms with Gasteiger partial charge in [-0.2, -0.15) is 0 Å². The summed E-state index contributed by atoms with van der Waals surface area (Å²) in [7, 11) is 0. The maximum Gasteiger partial charge on any atom is 0.261 e. The maximum atomic E-state index is 14.2. The van der Waals surface area contributed by atoms with E-state index in [2.05, 4.69) is 46.9 Å². The normalized spacial score (nSPS) is 16.1. The van der Waals surface area contributed by atoms with Gasteiger partial charge in [-0.15, -0.1) is 0 Å². The number of carbonyl (C=O) groups excluding carboxylic acids is 7. The van der Waals surface area contributed by atoms with Gasteiger partial charge >= 0.3 is 0 Å². The largest absolute Gasteiger partial charge is 0.508 e. The Bertz CT molecular complexity index is 2740. The molecule has 6 amide bonds. The van der Waals surface area contributed by atoms with E-state index in [4.69, 9.17) is 16.9 Å². The Morgan fingerprint density at radius 3 is 2.22 bits per heavy atom. The molecule has 0 bridgehead atoms. The molecule has 2 fully saturated rings. The highest BCUT2D eigenvalue weighted by atomic mass is 16.3. The van der Waals surface area contributed by atoms with Gasteiger partial charge in [0.25, 0.3) is 5.56 Å². The van der Waals surface area contributed by atoms with Crippen molar-refractivity contribution in [3.63, 3.8) is 0 Å². The lowest BCUT2D eigenvalue weighted by Gasteiger charge is -2.38. The van der Waals surface area contributed by atoms with E-state index in [-0.39, 0.29) is 73.0 Å². The van der Waals surface area contributed by atoms with Gasteiger partial charge in [-0.05, 0) is 106 Å². The highest BCUT2D eigenvalue weighted by Crippen LogP contribution is 2.27. The summed E-state index contributed by atoms with van der Waals surface area (Å²) in [5.41, 5.74) is 12.9. The number of piperazine rings is 1. The molecule has 24 nitrogen and oxygen atoms in total. The summed E-state index contributed by atoms with van der Waals surface area (Å²) in [5, 5.41) is 34.2. The lowest BCUT2D eigenvalue weighted by molar-refractivity contribution is -0.138. The molecular weight excluding hydrogens is 1010 g/mol. The van der Waals surface area contributed by atoms with Gasteiger partial charge in [0.2, 0.25) is 35.4 Å². The third-order valence-electron chi connectivity index (χ3n) is 14.8. The van der Waals surface area contributed by atoms with E-state index in [0.717, 1.165) is 30.3 Å². The van der Waals surface area contributed by atoms with Crippen LogP contribution in [-0.2, 0) is 52.9 Å². The standard InChI is InChI=1S/C55H79N15O9/c1-3-35(2)49(67-47(73)27-36-10-5-4-6-11-36)52(77)65-45(12-7-8-20-56)54(79)69-24-22-68(23-25-69)40-16-19-43-42(29-40)53(78)70(34-62-43)31-48(74)64-44(13-9-21-60-55(57)58)50(75)66-46(28-38-30-59-33-61-38)51(76)63-39(32-71)26-37-14-17-41(72)18-15-37/h14-19,29-30,32-36,39,44-46,49,72H,3-13,20-28,31,56H2,1-2H3,(H,59,61)(H,63,76)(H,64,74)(H,65,77)(H,66,75)(H,67,73)(H4,57,58,60)/t35-,39?,44-,45-,46-,49-/m0/s1. The highest BCUT2D eigenvalue weighted by Gasteiger charge is 2.34. The first-order valence-corrected chi connectivity index (χ1v) is 27.6. The summed E-state index contributed by atoms with van der Waals surface area (Å²) in [6, 6.07) is 6.29. The van der Waals surface area contributed by atoms with Crippen LogP contribution in [-0.4, -0.2) is 147 Å². The van der Waals surface area contributed by atoms with Crippen molar-refractivity contribution in [3.05, 3.63) is 82.9 Å². The molecule has 79 heavy (non-hydrogen) atoms. The number of aromatic amines is 1. The first kappa shape index (κ1) is 60.3. The number of phenols is 1. The molecule has 3 heterocycles. The van der Waals surface area contributed by atoms with Crippen LogP contribution in [0, 0.1) is 17.2 Å².